The van der Waals surface area contributed by atoms with E-state index in [4.69, 9.17) is 18.9 Å². The van der Waals surface area contributed by atoms with Gasteiger partial charge in [0.2, 0.25) is 0 Å². The number of carbonyl (C=O) groups is 3. The summed E-state index contributed by atoms with van der Waals surface area (Å²) in [6, 6.07) is 0. The van der Waals surface area contributed by atoms with E-state index in [9.17, 15) is 34.8 Å². The molecule has 11 heteroatoms. The van der Waals surface area contributed by atoms with Crippen molar-refractivity contribution in [3.63, 3.8) is 0 Å². The molecule has 0 aliphatic carbocycles. The molecular formula is C39H66O11. The lowest BCUT2D eigenvalue weighted by atomic mass is 9.99. The summed E-state index contributed by atoms with van der Waals surface area (Å²) in [5, 5.41) is 39.6. The maximum absolute atomic E-state index is 12.6. The Balaban J connectivity index is 2.44. The summed E-state index contributed by atoms with van der Waals surface area (Å²) in [6.07, 6.45) is 22.2. The summed E-state index contributed by atoms with van der Waals surface area (Å²) in [6.45, 7) is 3.63. The molecule has 288 valence electrons. The van der Waals surface area contributed by atoms with E-state index in [0.717, 1.165) is 70.6 Å². The number of esters is 2. The number of aliphatic hydroxyl groups is 3. The molecule has 4 N–H and O–H groups in total. The highest BCUT2D eigenvalue weighted by Gasteiger charge is 2.47. The van der Waals surface area contributed by atoms with Crippen molar-refractivity contribution in [3.05, 3.63) is 36.5 Å². The highest BCUT2D eigenvalue weighted by atomic mass is 16.7. The van der Waals surface area contributed by atoms with Gasteiger partial charge in [-0.25, -0.2) is 4.79 Å². The van der Waals surface area contributed by atoms with Crippen LogP contribution in [0.4, 0.5) is 0 Å². The molecule has 0 radical (unpaired) electrons. The summed E-state index contributed by atoms with van der Waals surface area (Å²) < 4.78 is 21.6. The fraction of sp³-hybridized carbons (Fsp3) is 0.769. The molecule has 1 rings (SSSR count). The number of aliphatic hydroxyl groups excluding tert-OH is 3. The van der Waals surface area contributed by atoms with E-state index in [2.05, 4.69) is 50.3 Å². The number of hydrogen-bond donors (Lipinski definition) is 4. The number of unbranched alkanes of at least 4 members (excludes halogenated alkanes) is 13. The molecule has 0 amide bonds. The van der Waals surface area contributed by atoms with Crippen molar-refractivity contribution < 1.29 is 53.8 Å². The lowest BCUT2D eigenvalue weighted by Crippen LogP contribution is -2.60. The second kappa shape index (κ2) is 30.1. The maximum Gasteiger partial charge on any atom is 0.335 e. The summed E-state index contributed by atoms with van der Waals surface area (Å²) in [5.41, 5.74) is 0. The molecule has 50 heavy (non-hydrogen) atoms. The molecule has 0 aromatic heterocycles. The predicted octanol–water partition coefficient (Wildman–Crippen LogP) is 6.86. The normalized spacial score (nSPS) is 21.7. The fourth-order valence-electron chi connectivity index (χ4n) is 5.48. The van der Waals surface area contributed by atoms with E-state index in [0.29, 0.717) is 12.8 Å². The number of allylic oxidation sites excluding steroid dienone is 6. The van der Waals surface area contributed by atoms with Crippen molar-refractivity contribution in [2.24, 2.45) is 0 Å². The average molecular weight is 711 g/mol. The van der Waals surface area contributed by atoms with Crippen molar-refractivity contribution in [1.82, 2.24) is 0 Å². The zero-order valence-electron chi connectivity index (χ0n) is 30.6. The summed E-state index contributed by atoms with van der Waals surface area (Å²) in [4.78, 5) is 36.5. The Morgan fingerprint density at radius 2 is 1.18 bits per heavy atom. The first-order valence-corrected chi connectivity index (χ1v) is 19.0. The Kier molecular flexibility index (Phi) is 27.4. The third-order valence-corrected chi connectivity index (χ3v) is 8.50. The first-order chi connectivity index (χ1) is 24.2. The van der Waals surface area contributed by atoms with Gasteiger partial charge in [0.25, 0.3) is 0 Å². The topological polar surface area (TPSA) is 169 Å². The van der Waals surface area contributed by atoms with Gasteiger partial charge in [-0.2, -0.15) is 0 Å². The van der Waals surface area contributed by atoms with Crippen LogP contribution in [0.5, 0.6) is 0 Å². The minimum absolute atomic E-state index is 0.179. The highest BCUT2D eigenvalue weighted by Crippen LogP contribution is 2.23. The van der Waals surface area contributed by atoms with Crippen LogP contribution in [0, 0.1) is 0 Å². The molecule has 1 heterocycles. The third-order valence-electron chi connectivity index (χ3n) is 8.50. The van der Waals surface area contributed by atoms with E-state index in [1.54, 1.807) is 0 Å². The summed E-state index contributed by atoms with van der Waals surface area (Å²) in [5.74, 6) is -2.47. The molecule has 1 saturated heterocycles. The second-order valence-electron chi connectivity index (χ2n) is 13.0. The molecule has 1 fully saturated rings. The lowest BCUT2D eigenvalue weighted by Gasteiger charge is -2.38. The molecule has 11 nitrogen and oxygen atoms in total. The molecule has 1 aliphatic heterocycles. The van der Waals surface area contributed by atoms with Gasteiger partial charge < -0.3 is 39.4 Å². The Bertz CT molecular complexity index is 979. The zero-order valence-corrected chi connectivity index (χ0v) is 30.6. The van der Waals surface area contributed by atoms with Gasteiger partial charge in [0.15, 0.2) is 18.5 Å². The average Bonchev–Trinajstić information content (AvgIpc) is 3.09. The van der Waals surface area contributed by atoms with Crippen molar-refractivity contribution in [2.45, 2.75) is 179 Å². The quantitative estimate of drug-likeness (QED) is 0.0349. The molecule has 0 spiro atoms. The monoisotopic (exact) mass is 710 g/mol. The van der Waals surface area contributed by atoms with Crippen LogP contribution < -0.4 is 0 Å². The number of carboxylic acid groups (broad SMARTS) is 1. The van der Waals surface area contributed by atoms with E-state index >= 15 is 0 Å². The standard InChI is InChI=1S/C39H66O11/c1-3-5-7-9-11-13-14-15-16-17-18-20-21-23-25-27-32(40)47-29-31(49-33(41)28-26-24-22-19-12-10-8-6-4-2)30-48-39-36(44)34(42)35(43)37(50-39)38(45)46/h5,7,11,13,15-16,31,34-37,39,42-44H,3-4,6,8-10,12,14,17-30H2,1-2H3,(H,45,46)/b7-5-,13-11-,16-15-. The predicted molar refractivity (Wildman–Crippen MR) is 192 cm³/mol. The van der Waals surface area contributed by atoms with Gasteiger partial charge in [0.1, 0.15) is 24.9 Å². The largest absolute Gasteiger partial charge is 0.479 e. The van der Waals surface area contributed by atoms with Crippen LogP contribution >= 0.6 is 0 Å². The van der Waals surface area contributed by atoms with Crippen molar-refractivity contribution in [3.8, 4) is 0 Å². The lowest BCUT2D eigenvalue weighted by molar-refractivity contribution is -0.298. The second-order valence-corrected chi connectivity index (χ2v) is 13.0. The van der Waals surface area contributed by atoms with Gasteiger partial charge in [-0.3, -0.25) is 9.59 Å². The van der Waals surface area contributed by atoms with Gasteiger partial charge in [-0.15, -0.1) is 0 Å². The van der Waals surface area contributed by atoms with Crippen LogP contribution in [0.25, 0.3) is 0 Å². The Morgan fingerprint density at radius 3 is 1.78 bits per heavy atom. The zero-order chi connectivity index (χ0) is 36.8. The van der Waals surface area contributed by atoms with Crippen LogP contribution in [0.2, 0.25) is 0 Å². The summed E-state index contributed by atoms with van der Waals surface area (Å²) >= 11 is 0. The first-order valence-electron chi connectivity index (χ1n) is 19.0. The molecular weight excluding hydrogens is 644 g/mol. The van der Waals surface area contributed by atoms with Gasteiger partial charge in [-0.1, -0.05) is 121 Å². The third kappa shape index (κ3) is 22.3. The van der Waals surface area contributed by atoms with E-state index in [1.807, 2.05) is 0 Å². The Morgan fingerprint density at radius 1 is 0.640 bits per heavy atom. The number of carboxylic acids is 1. The van der Waals surface area contributed by atoms with Crippen LogP contribution in [0.15, 0.2) is 36.5 Å². The van der Waals surface area contributed by atoms with Crippen LogP contribution in [0.3, 0.4) is 0 Å². The molecule has 0 aromatic carbocycles. The van der Waals surface area contributed by atoms with Crippen molar-refractivity contribution >= 4 is 17.9 Å². The number of aliphatic carboxylic acids is 1. The molecule has 0 saturated carbocycles. The first kappa shape index (κ1) is 45.5. The highest BCUT2D eigenvalue weighted by molar-refractivity contribution is 5.73. The number of carbonyl (C=O) groups excluding carboxylic acids is 2. The van der Waals surface area contributed by atoms with E-state index in [-0.39, 0.29) is 19.4 Å². The van der Waals surface area contributed by atoms with Crippen molar-refractivity contribution in [2.75, 3.05) is 13.2 Å². The van der Waals surface area contributed by atoms with Gasteiger partial charge >= 0.3 is 17.9 Å². The minimum Gasteiger partial charge on any atom is -0.479 e. The maximum atomic E-state index is 12.6. The van der Waals surface area contributed by atoms with E-state index in [1.165, 1.54) is 32.1 Å². The molecule has 0 bridgehead atoms. The number of hydrogen-bond acceptors (Lipinski definition) is 10. The number of rotatable bonds is 30. The van der Waals surface area contributed by atoms with E-state index < -0.39 is 61.3 Å². The SMILES string of the molecule is CC/C=C\C/C=C\C/C=C\CCCCCCCC(=O)OCC(COC1OC(C(=O)O)C(O)C(O)C1O)OC(=O)CCCCCCCCCCC. The van der Waals surface area contributed by atoms with Crippen LogP contribution in [-0.4, -0.2) is 88.4 Å². The van der Waals surface area contributed by atoms with Gasteiger partial charge in [0.05, 0.1) is 6.61 Å². The van der Waals surface area contributed by atoms with Gasteiger partial charge in [0, 0.05) is 12.8 Å². The Labute approximate surface area is 300 Å². The molecule has 0 aromatic rings. The fourth-order valence-corrected chi connectivity index (χ4v) is 5.48. The van der Waals surface area contributed by atoms with Crippen LogP contribution in [-0.2, 0) is 33.3 Å². The smallest absolute Gasteiger partial charge is 0.335 e. The minimum atomic E-state index is -1.86. The molecule has 1 aliphatic rings. The van der Waals surface area contributed by atoms with Crippen molar-refractivity contribution in [1.29, 1.82) is 0 Å². The van der Waals surface area contributed by atoms with Gasteiger partial charge in [-0.05, 0) is 44.9 Å². The summed E-state index contributed by atoms with van der Waals surface area (Å²) in [7, 11) is 0. The molecule has 6 unspecified atom stereocenters. The number of ether oxygens (including phenoxy) is 4. The van der Waals surface area contributed by atoms with Crippen LogP contribution in [0.1, 0.15) is 142 Å². The Hall–Kier alpha value is -2.57. The molecule has 6 atom stereocenters.